The van der Waals surface area contributed by atoms with Crippen LogP contribution < -0.4 is 4.72 Å². The summed E-state index contributed by atoms with van der Waals surface area (Å²) in [5, 5.41) is -0.182. The number of benzene rings is 2. The Morgan fingerprint density at radius 3 is 2.41 bits per heavy atom. The monoisotopic (exact) mass is 410 g/mol. The zero-order chi connectivity index (χ0) is 19.8. The highest BCUT2D eigenvalue weighted by Crippen LogP contribution is 2.40. The van der Waals surface area contributed by atoms with Gasteiger partial charge in [-0.05, 0) is 67.4 Å². The maximum atomic E-state index is 12.4. The lowest BCUT2D eigenvalue weighted by Crippen LogP contribution is -2.47. The van der Waals surface area contributed by atoms with Crippen LogP contribution >= 0.6 is 0 Å². The third kappa shape index (κ3) is 3.88. The molecule has 2 aromatic carbocycles. The van der Waals surface area contributed by atoms with Gasteiger partial charge in [-0.25, -0.2) is 13.1 Å². The van der Waals surface area contributed by atoms with Gasteiger partial charge in [0.05, 0.1) is 5.25 Å². The predicted molar refractivity (Wildman–Crippen MR) is 116 cm³/mol. The number of sulfonamides is 1. The van der Waals surface area contributed by atoms with Gasteiger partial charge in [-0.2, -0.15) is 0 Å². The van der Waals surface area contributed by atoms with E-state index in [2.05, 4.69) is 58.2 Å². The molecular formula is C24H30N2O2S. The topological polar surface area (TPSA) is 49.4 Å². The summed E-state index contributed by atoms with van der Waals surface area (Å²) < 4.78 is 27.6. The SMILES string of the molecule is O=S(=O)(NCc1ccc2c(c1)C(Cc1ccccc1)C(N1CCC1)C2)C1CCC1. The van der Waals surface area contributed by atoms with Crippen molar-refractivity contribution in [1.29, 1.82) is 0 Å². The second-order valence-corrected chi connectivity index (χ2v) is 11.0. The molecule has 5 heteroatoms. The van der Waals surface area contributed by atoms with Crippen molar-refractivity contribution in [2.45, 2.75) is 62.3 Å². The van der Waals surface area contributed by atoms with Crippen LogP contribution in [0.4, 0.5) is 0 Å². The second-order valence-electron chi connectivity index (χ2n) is 8.91. The minimum Gasteiger partial charge on any atom is -0.299 e. The molecule has 4 nitrogen and oxygen atoms in total. The molecule has 2 aliphatic carbocycles. The summed E-state index contributed by atoms with van der Waals surface area (Å²) in [5.41, 5.74) is 5.32. The predicted octanol–water partition coefficient (Wildman–Crippen LogP) is 3.62. The highest BCUT2D eigenvalue weighted by molar-refractivity contribution is 7.90. The van der Waals surface area contributed by atoms with Gasteiger partial charge in [0.1, 0.15) is 0 Å². The summed E-state index contributed by atoms with van der Waals surface area (Å²) in [4.78, 5) is 2.63. The summed E-state index contributed by atoms with van der Waals surface area (Å²) in [6.07, 6.45) is 6.10. The van der Waals surface area contributed by atoms with Crippen LogP contribution in [0.25, 0.3) is 0 Å². The van der Waals surface area contributed by atoms with E-state index in [9.17, 15) is 8.42 Å². The molecule has 0 spiro atoms. The van der Waals surface area contributed by atoms with E-state index >= 15 is 0 Å². The average molecular weight is 411 g/mol. The highest BCUT2D eigenvalue weighted by Gasteiger charge is 2.38. The van der Waals surface area contributed by atoms with Crippen LogP contribution in [-0.2, 0) is 29.4 Å². The van der Waals surface area contributed by atoms with Crippen LogP contribution in [0, 0.1) is 0 Å². The molecule has 3 aliphatic rings. The lowest BCUT2D eigenvalue weighted by Gasteiger charge is -2.39. The van der Waals surface area contributed by atoms with E-state index in [1.54, 1.807) is 0 Å². The molecule has 1 N–H and O–H groups in total. The first kappa shape index (κ1) is 19.3. The molecule has 2 atom stereocenters. The van der Waals surface area contributed by atoms with E-state index in [1.165, 1.54) is 36.2 Å². The van der Waals surface area contributed by atoms with Crippen LogP contribution in [0.5, 0.6) is 0 Å². The lowest BCUT2D eigenvalue weighted by molar-refractivity contribution is 0.106. The van der Waals surface area contributed by atoms with Crippen molar-refractivity contribution >= 4 is 10.0 Å². The summed E-state index contributed by atoms with van der Waals surface area (Å²) >= 11 is 0. The molecule has 1 saturated carbocycles. The first-order chi connectivity index (χ1) is 14.1. The standard InChI is InChI=1S/C24H30N2O2S/c27-29(28,21-8-4-9-21)25-17-19-10-11-20-16-24(26-12-5-13-26)23(22(20)15-19)14-18-6-2-1-3-7-18/h1-3,6-7,10-11,15,21,23-25H,4-5,8-9,12-14,16-17H2. The van der Waals surface area contributed by atoms with Crippen molar-refractivity contribution in [3.63, 3.8) is 0 Å². The van der Waals surface area contributed by atoms with Gasteiger partial charge in [-0.1, -0.05) is 55.0 Å². The number of fused-ring (bicyclic) bond motifs is 1. The molecule has 2 aromatic rings. The minimum atomic E-state index is -3.18. The van der Waals surface area contributed by atoms with Crippen LogP contribution in [0.2, 0.25) is 0 Å². The van der Waals surface area contributed by atoms with E-state index in [4.69, 9.17) is 0 Å². The molecule has 29 heavy (non-hydrogen) atoms. The fraction of sp³-hybridized carbons (Fsp3) is 0.500. The molecular weight excluding hydrogens is 380 g/mol. The van der Waals surface area contributed by atoms with E-state index < -0.39 is 10.0 Å². The molecule has 1 heterocycles. The summed E-state index contributed by atoms with van der Waals surface area (Å²) in [6.45, 7) is 2.81. The number of nitrogens with one attached hydrogen (secondary N) is 1. The van der Waals surface area contributed by atoms with Gasteiger partial charge in [-0.3, -0.25) is 4.90 Å². The van der Waals surface area contributed by atoms with E-state index in [0.717, 1.165) is 37.7 Å². The van der Waals surface area contributed by atoms with Gasteiger partial charge in [0.25, 0.3) is 0 Å². The Bertz CT molecular complexity index is 966. The summed E-state index contributed by atoms with van der Waals surface area (Å²) in [6, 6.07) is 18.0. The Labute approximate surface area is 174 Å². The molecule has 0 amide bonds. The molecule has 154 valence electrons. The summed E-state index contributed by atoms with van der Waals surface area (Å²) in [5.74, 6) is 0.482. The van der Waals surface area contributed by atoms with Gasteiger partial charge in [0.2, 0.25) is 10.0 Å². The number of nitrogens with zero attached hydrogens (tertiary/aromatic N) is 1. The van der Waals surface area contributed by atoms with Gasteiger partial charge in [0, 0.05) is 18.5 Å². The molecule has 2 fully saturated rings. The Morgan fingerprint density at radius 1 is 0.966 bits per heavy atom. The van der Waals surface area contributed by atoms with Gasteiger partial charge in [-0.15, -0.1) is 0 Å². The van der Waals surface area contributed by atoms with Crippen LogP contribution in [0.3, 0.4) is 0 Å². The number of likely N-dealkylation sites (tertiary alicyclic amines) is 1. The summed E-state index contributed by atoms with van der Waals surface area (Å²) in [7, 11) is -3.18. The van der Waals surface area contributed by atoms with Crippen molar-refractivity contribution in [2.75, 3.05) is 13.1 Å². The van der Waals surface area contributed by atoms with E-state index in [1.807, 2.05) is 0 Å². The van der Waals surface area contributed by atoms with E-state index in [0.29, 0.717) is 18.5 Å². The third-order valence-electron chi connectivity index (χ3n) is 7.13. The maximum absolute atomic E-state index is 12.4. The Hall–Kier alpha value is -1.69. The van der Waals surface area contributed by atoms with Gasteiger partial charge < -0.3 is 0 Å². The zero-order valence-corrected chi connectivity index (χ0v) is 17.7. The van der Waals surface area contributed by atoms with Crippen molar-refractivity contribution in [2.24, 2.45) is 0 Å². The van der Waals surface area contributed by atoms with Crippen molar-refractivity contribution in [3.8, 4) is 0 Å². The van der Waals surface area contributed by atoms with Gasteiger partial charge in [0.15, 0.2) is 0 Å². The Balaban J connectivity index is 1.37. The number of hydrogen-bond donors (Lipinski definition) is 1. The normalized spacial score (nSPS) is 24.7. The van der Waals surface area contributed by atoms with Crippen LogP contribution in [-0.4, -0.2) is 37.7 Å². The molecule has 0 aromatic heterocycles. The highest BCUT2D eigenvalue weighted by atomic mass is 32.2. The first-order valence-electron chi connectivity index (χ1n) is 11.0. The fourth-order valence-electron chi connectivity index (χ4n) is 5.01. The molecule has 0 radical (unpaired) electrons. The average Bonchev–Trinajstić information content (AvgIpc) is 2.95. The molecule has 5 rings (SSSR count). The smallest absolute Gasteiger partial charge is 0.214 e. The first-order valence-corrected chi connectivity index (χ1v) is 12.5. The number of rotatable bonds is 7. The zero-order valence-electron chi connectivity index (χ0n) is 16.9. The molecule has 0 bridgehead atoms. The molecule has 1 aliphatic heterocycles. The maximum Gasteiger partial charge on any atom is 0.214 e. The quantitative estimate of drug-likeness (QED) is 0.759. The second kappa shape index (κ2) is 7.86. The van der Waals surface area contributed by atoms with Gasteiger partial charge >= 0.3 is 0 Å². The molecule has 2 unspecified atom stereocenters. The Kier molecular flexibility index (Phi) is 5.23. The minimum absolute atomic E-state index is 0.182. The van der Waals surface area contributed by atoms with Crippen LogP contribution in [0.15, 0.2) is 48.5 Å². The number of hydrogen-bond acceptors (Lipinski definition) is 3. The van der Waals surface area contributed by atoms with Crippen molar-refractivity contribution in [1.82, 2.24) is 9.62 Å². The third-order valence-corrected chi connectivity index (χ3v) is 9.03. The van der Waals surface area contributed by atoms with Crippen molar-refractivity contribution < 1.29 is 8.42 Å². The fourth-order valence-corrected chi connectivity index (χ4v) is 6.57. The largest absolute Gasteiger partial charge is 0.299 e. The van der Waals surface area contributed by atoms with E-state index in [-0.39, 0.29) is 5.25 Å². The lowest BCUT2D eigenvalue weighted by atomic mass is 9.88. The molecule has 1 saturated heterocycles. The van der Waals surface area contributed by atoms with Crippen LogP contribution in [0.1, 0.15) is 53.9 Å². The van der Waals surface area contributed by atoms with Crippen molar-refractivity contribution in [3.05, 3.63) is 70.8 Å². The Morgan fingerprint density at radius 2 is 1.76 bits per heavy atom.